The Hall–Kier alpha value is -1.54. The summed E-state index contributed by atoms with van der Waals surface area (Å²) in [6.07, 6.45) is 1.50. The van der Waals surface area contributed by atoms with Crippen LogP contribution in [0.3, 0.4) is 0 Å². The lowest BCUT2D eigenvalue weighted by Crippen LogP contribution is -2.33. The van der Waals surface area contributed by atoms with Crippen LogP contribution in [0.2, 0.25) is 0 Å². The fourth-order valence-corrected chi connectivity index (χ4v) is 3.18. The minimum absolute atomic E-state index is 0.288. The highest BCUT2D eigenvalue weighted by Crippen LogP contribution is 2.30. The van der Waals surface area contributed by atoms with Gasteiger partial charge in [-0.3, -0.25) is 0 Å². The smallest absolute Gasteiger partial charge is 0.127 e. The van der Waals surface area contributed by atoms with E-state index in [1.54, 1.807) is 0 Å². The van der Waals surface area contributed by atoms with Crippen LogP contribution >= 0.6 is 0 Å². The number of hydrogen-bond donors (Lipinski definition) is 1. The SMILES string of the molecule is CC(C)C(Oc1cccc2ccccc12)C1CCNC1. The number of nitrogens with one attached hydrogen (secondary N) is 1. The molecule has 1 heterocycles. The average Bonchev–Trinajstić information content (AvgIpc) is 2.98. The van der Waals surface area contributed by atoms with Crippen LogP contribution in [0, 0.1) is 11.8 Å². The molecule has 2 aromatic carbocycles. The summed E-state index contributed by atoms with van der Waals surface area (Å²) in [7, 11) is 0. The highest BCUT2D eigenvalue weighted by Gasteiger charge is 2.29. The van der Waals surface area contributed by atoms with Crippen molar-refractivity contribution >= 4 is 10.8 Å². The molecule has 1 saturated heterocycles. The van der Waals surface area contributed by atoms with E-state index in [0.29, 0.717) is 11.8 Å². The number of benzene rings is 2. The van der Waals surface area contributed by atoms with Gasteiger partial charge in [-0.25, -0.2) is 0 Å². The zero-order valence-electron chi connectivity index (χ0n) is 12.3. The summed E-state index contributed by atoms with van der Waals surface area (Å²) in [4.78, 5) is 0. The Balaban J connectivity index is 1.90. The minimum atomic E-state index is 0.288. The van der Waals surface area contributed by atoms with E-state index in [2.05, 4.69) is 61.6 Å². The normalized spacial score (nSPS) is 20.4. The number of ether oxygens (including phenoxy) is 1. The number of rotatable bonds is 4. The first kappa shape index (κ1) is 13.4. The maximum absolute atomic E-state index is 6.43. The van der Waals surface area contributed by atoms with E-state index in [-0.39, 0.29) is 6.10 Å². The molecule has 0 bridgehead atoms. The Labute approximate surface area is 121 Å². The quantitative estimate of drug-likeness (QED) is 0.910. The molecular formula is C18H23NO. The van der Waals surface area contributed by atoms with Crippen LogP contribution in [0.25, 0.3) is 10.8 Å². The van der Waals surface area contributed by atoms with Gasteiger partial charge >= 0.3 is 0 Å². The van der Waals surface area contributed by atoms with Gasteiger partial charge in [0.1, 0.15) is 11.9 Å². The molecule has 1 aliphatic heterocycles. The van der Waals surface area contributed by atoms with Crippen molar-refractivity contribution in [1.82, 2.24) is 5.32 Å². The van der Waals surface area contributed by atoms with Crippen molar-refractivity contribution in [3.63, 3.8) is 0 Å². The third-order valence-corrected chi connectivity index (χ3v) is 4.23. The first-order chi connectivity index (χ1) is 9.75. The van der Waals surface area contributed by atoms with Crippen LogP contribution in [-0.2, 0) is 0 Å². The second-order valence-electron chi connectivity index (χ2n) is 6.06. The molecule has 2 nitrogen and oxygen atoms in total. The maximum Gasteiger partial charge on any atom is 0.127 e. The summed E-state index contributed by atoms with van der Waals surface area (Å²) in [6, 6.07) is 14.8. The lowest BCUT2D eigenvalue weighted by Gasteiger charge is -2.28. The molecule has 3 rings (SSSR count). The van der Waals surface area contributed by atoms with Gasteiger partial charge in [0.2, 0.25) is 0 Å². The van der Waals surface area contributed by atoms with E-state index in [4.69, 9.17) is 4.74 Å². The highest BCUT2D eigenvalue weighted by molar-refractivity contribution is 5.88. The van der Waals surface area contributed by atoms with Crippen molar-refractivity contribution < 1.29 is 4.74 Å². The van der Waals surface area contributed by atoms with E-state index in [9.17, 15) is 0 Å². The zero-order chi connectivity index (χ0) is 13.9. The predicted octanol–water partition coefficient (Wildman–Crippen LogP) is 3.85. The number of hydrogen-bond acceptors (Lipinski definition) is 2. The maximum atomic E-state index is 6.43. The first-order valence-corrected chi connectivity index (χ1v) is 7.61. The molecule has 20 heavy (non-hydrogen) atoms. The van der Waals surface area contributed by atoms with Crippen molar-refractivity contribution in [3.05, 3.63) is 42.5 Å². The van der Waals surface area contributed by atoms with Gasteiger partial charge < -0.3 is 10.1 Å². The summed E-state index contributed by atoms with van der Waals surface area (Å²) < 4.78 is 6.43. The van der Waals surface area contributed by atoms with Gasteiger partial charge in [0.15, 0.2) is 0 Å². The Morgan fingerprint density at radius 2 is 1.90 bits per heavy atom. The second kappa shape index (κ2) is 5.84. The van der Waals surface area contributed by atoms with E-state index in [1.165, 1.54) is 17.2 Å². The largest absolute Gasteiger partial charge is 0.489 e. The minimum Gasteiger partial charge on any atom is -0.489 e. The third-order valence-electron chi connectivity index (χ3n) is 4.23. The van der Waals surface area contributed by atoms with Gasteiger partial charge in [-0.2, -0.15) is 0 Å². The molecular weight excluding hydrogens is 246 g/mol. The lowest BCUT2D eigenvalue weighted by molar-refractivity contribution is 0.0990. The summed E-state index contributed by atoms with van der Waals surface area (Å²) in [5.74, 6) is 2.17. The standard InChI is InChI=1S/C18H23NO/c1-13(2)18(15-10-11-19-12-15)20-17-9-5-7-14-6-3-4-8-16(14)17/h3-9,13,15,18-19H,10-12H2,1-2H3. The molecule has 0 saturated carbocycles. The number of fused-ring (bicyclic) bond motifs is 1. The highest BCUT2D eigenvalue weighted by atomic mass is 16.5. The molecule has 106 valence electrons. The second-order valence-corrected chi connectivity index (χ2v) is 6.06. The van der Waals surface area contributed by atoms with Crippen molar-refractivity contribution in [2.45, 2.75) is 26.4 Å². The fraction of sp³-hybridized carbons (Fsp3) is 0.444. The molecule has 2 atom stereocenters. The molecule has 0 spiro atoms. The molecule has 1 fully saturated rings. The average molecular weight is 269 g/mol. The summed E-state index contributed by atoms with van der Waals surface area (Å²) >= 11 is 0. The Morgan fingerprint density at radius 1 is 1.10 bits per heavy atom. The van der Waals surface area contributed by atoms with Gasteiger partial charge in [0, 0.05) is 17.8 Å². The first-order valence-electron chi connectivity index (χ1n) is 7.61. The van der Waals surface area contributed by atoms with Crippen LogP contribution < -0.4 is 10.1 Å². The van der Waals surface area contributed by atoms with Gasteiger partial charge in [-0.1, -0.05) is 50.2 Å². The van der Waals surface area contributed by atoms with Crippen molar-refractivity contribution in [3.8, 4) is 5.75 Å². The molecule has 2 unspecified atom stereocenters. The summed E-state index contributed by atoms with van der Waals surface area (Å²) in [5, 5.41) is 5.91. The van der Waals surface area contributed by atoms with Crippen LogP contribution in [0.5, 0.6) is 5.75 Å². The van der Waals surface area contributed by atoms with E-state index >= 15 is 0 Å². The predicted molar refractivity (Wildman–Crippen MR) is 84.2 cm³/mol. The van der Waals surface area contributed by atoms with E-state index in [1.807, 2.05) is 0 Å². The molecule has 0 aliphatic carbocycles. The van der Waals surface area contributed by atoms with Crippen LogP contribution in [0.1, 0.15) is 20.3 Å². The molecule has 0 radical (unpaired) electrons. The molecule has 0 amide bonds. The monoisotopic (exact) mass is 269 g/mol. The lowest BCUT2D eigenvalue weighted by atomic mass is 9.92. The van der Waals surface area contributed by atoms with Gasteiger partial charge in [0.05, 0.1) is 0 Å². The molecule has 2 heteroatoms. The van der Waals surface area contributed by atoms with Crippen molar-refractivity contribution in [2.75, 3.05) is 13.1 Å². The molecule has 2 aromatic rings. The van der Waals surface area contributed by atoms with Crippen LogP contribution in [0.4, 0.5) is 0 Å². The molecule has 1 N–H and O–H groups in total. The Bertz CT molecular complexity index is 567. The van der Waals surface area contributed by atoms with Gasteiger partial charge in [0.25, 0.3) is 0 Å². The Morgan fingerprint density at radius 3 is 2.65 bits per heavy atom. The van der Waals surface area contributed by atoms with E-state index < -0.39 is 0 Å². The third kappa shape index (κ3) is 2.66. The summed E-state index contributed by atoms with van der Waals surface area (Å²) in [5.41, 5.74) is 0. The van der Waals surface area contributed by atoms with Gasteiger partial charge in [-0.05, 0) is 30.3 Å². The van der Waals surface area contributed by atoms with Crippen molar-refractivity contribution in [2.24, 2.45) is 11.8 Å². The van der Waals surface area contributed by atoms with Crippen LogP contribution in [-0.4, -0.2) is 19.2 Å². The topological polar surface area (TPSA) is 21.3 Å². The van der Waals surface area contributed by atoms with Crippen molar-refractivity contribution in [1.29, 1.82) is 0 Å². The fourth-order valence-electron chi connectivity index (χ4n) is 3.18. The van der Waals surface area contributed by atoms with Gasteiger partial charge in [-0.15, -0.1) is 0 Å². The van der Waals surface area contributed by atoms with E-state index in [0.717, 1.165) is 18.8 Å². The molecule has 0 aromatic heterocycles. The molecule has 1 aliphatic rings. The summed E-state index contributed by atoms with van der Waals surface area (Å²) in [6.45, 7) is 6.71. The Kier molecular flexibility index (Phi) is 3.93. The van der Waals surface area contributed by atoms with Crippen LogP contribution in [0.15, 0.2) is 42.5 Å². The zero-order valence-corrected chi connectivity index (χ0v) is 12.3.